The van der Waals surface area contributed by atoms with Gasteiger partial charge >= 0.3 is 5.69 Å². The lowest BCUT2D eigenvalue weighted by Gasteiger charge is -2.12. The molecule has 8 heteroatoms. The van der Waals surface area contributed by atoms with Gasteiger partial charge in [0.2, 0.25) is 0 Å². The third-order valence-corrected chi connectivity index (χ3v) is 2.65. The third-order valence-electron chi connectivity index (χ3n) is 2.65. The maximum Gasteiger partial charge on any atom is 0.323 e. The zero-order valence-corrected chi connectivity index (χ0v) is 10.5. The highest BCUT2D eigenvalue weighted by Gasteiger charge is 2.11. The highest BCUT2D eigenvalue weighted by Crippen LogP contribution is 1.91. The van der Waals surface area contributed by atoms with Crippen LogP contribution in [0.5, 0.6) is 0 Å². The van der Waals surface area contributed by atoms with Crippen LogP contribution < -0.4 is 16.6 Å². The van der Waals surface area contributed by atoms with E-state index in [1.807, 2.05) is 0 Å². The molecule has 20 heavy (non-hydrogen) atoms. The lowest BCUT2D eigenvalue weighted by atomic mass is 10.3. The van der Waals surface area contributed by atoms with Crippen molar-refractivity contribution in [2.45, 2.75) is 12.6 Å². The van der Waals surface area contributed by atoms with Crippen LogP contribution in [0.2, 0.25) is 0 Å². The maximum absolute atomic E-state index is 11.6. The summed E-state index contributed by atoms with van der Waals surface area (Å²) in [5.41, 5.74) is -0.626. The van der Waals surface area contributed by atoms with Crippen molar-refractivity contribution in [3.05, 3.63) is 57.1 Å². The number of aliphatic hydroxyl groups is 1. The SMILES string of the molecule is O=C(NCC(O)Cn1ccccc1=O)c1c[nH]c(=O)[nH]1. The van der Waals surface area contributed by atoms with Gasteiger partial charge in [-0.25, -0.2) is 4.79 Å². The molecule has 0 aliphatic carbocycles. The van der Waals surface area contributed by atoms with Crippen molar-refractivity contribution in [3.63, 3.8) is 0 Å². The molecule has 0 saturated carbocycles. The highest BCUT2D eigenvalue weighted by atomic mass is 16.3. The van der Waals surface area contributed by atoms with E-state index in [1.54, 1.807) is 18.3 Å². The van der Waals surface area contributed by atoms with Crippen LogP contribution in [0.15, 0.2) is 40.2 Å². The topological polar surface area (TPSA) is 120 Å². The van der Waals surface area contributed by atoms with Crippen LogP contribution in [0, 0.1) is 0 Å². The number of nitrogens with one attached hydrogen (secondary N) is 3. The summed E-state index contributed by atoms with van der Waals surface area (Å²) < 4.78 is 1.34. The standard InChI is InChI=1S/C12H14N4O4/c17-8(7-16-4-2-1-3-10(16)18)5-13-11(19)9-6-14-12(20)15-9/h1-4,6,8,17H,5,7H2,(H,13,19)(H2,14,15,20). The molecule has 1 unspecified atom stereocenters. The van der Waals surface area contributed by atoms with E-state index >= 15 is 0 Å². The Bertz CT molecular complexity index is 699. The van der Waals surface area contributed by atoms with Gasteiger partial charge in [-0.2, -0.15) is 0 Å². The number of carbonyl (C=O) groups is 1. The summed E-state index contributed by atoms with van der Waals surface area (Å²) in [5.74, 6) is -0.511. The van der Waals surface area contributed by atoms with Gasteiger partial charge in [0.15, 0.2) is 0 Å². The van der Waals surface area contributed by atoms with Crippen LogP contribution in [-0.2, 0) is 6.54 Å². The number of nitrogens with zero attached hydrogens (tertiary/aromatic N) is 1. The van der Waals surface area contributed by atoms with Gasteiger partial charge in [0, 0.05) is 25.0 Å². The Morgan fingerprint density at radius 3 is 2.85 bits per heavy atom. The molecule has 8 nitrogen and oxygen atoms in total. The number of imidazole rings is 1. The van der Waals surface area contributed by atoms with Gasteiger partial charge in [0.05, 0.1) is 12.6 Å². The highest BCUT2D eigenvalue weighted by molar-refractivity contribution is 5.91. The van der Waals surface area contributed by atoms with E-state index in [0.29, 0.717) is 0 Å². The molecule has 2 rings (SSSR count). The summed E-state index contributed by atoms with van der Waals surface area (Å²) in [6.45, 7) is 0.0387. The number of pyridine rings is 1. The van der Waals surface area contributed by atoms with Gasteiger partial charge in [0.25, 0.3) is 11.5 Å². The number of aromatic amines is 2. The van der Waals surface area contributed by atoms with E-state index in [1.165, 1.54) is 16.8 Å². The predicted octanol–water partition coefficient (Wildman–Crippen LogP) is -1.34. The Hall–Kier alpha value is -2.61. The summed E-state index contributed by atoms with van der Waals surface area (Å²) in [4.78, 5) is 38.5. The molecule has 0 aliphatic heterocycles. The van der Waals surface area contributed by atoms with E-state index in [0.717, 1.165) is 0 Å². The molecular weight excluding hydrogens is 264 g/mol. The molecule has 2 aromatic rings. The molecule has 0 spiro atoms. The molecule has 0 saturated heterocycles. The first kappa shape index (κ1) is 13.8. The molecule has 2 heterocycles. The Morgan fingerprint density at radius 2 is 2.20 bits per heavy atom. The fraction of sp³-hybridized carbons (Fsp3) is 0.250. The average Bonchev–Trinajstić information content (AvgIpc) is 2.85. The van der Waals surface area contributed by atoms with Gasteiger partial charge in [0.1, 0.15) is 5.69 Å². The summed E-state index contributed by atoms with van der Waals surface area (Å²) in [5, 5.41) is 12.2. The molecule has 1 atom stereocenters. The second kappa shape index (κ2) is 6.02. The number of H-pyrrole nitrogens is 2. The van der Waals surface area contributed by atoms with E-state index in [9.17, 15) is 19.5 Å². The number of rotatable bonds is 5. The summed E-state index contributed by atoms with van der Waals surface area (Å²) >= 11 is 0. The van der Waals surface area contributed by atoms with Gasteiger partial charge < -0.3 is 25.0 Å². The Balaban J connectivity index is 1.88. The van der Waals surface area contributed by atoms with Crippen LogP contribution >= 0.6 is 0 Å². The van der Waals surface area contributed by atoms with Crippen molar-refractivity contribution in [2.24, 2.45) is 0 Å². The van der Waals surface area contributed by atoms with Gasteiger partial charge in [-0.1, -0.05) is 6.07 Å². The molecule has 0 aliphatic rings. The van der Waals surface area contributed by atoms with Crippen molar-refractivity contribution < 1.29 is 9.90 Å². The minimum Gasteiger partial charge on any atom is -0.389 e. The Kier molecular flexibility index (Phi) is 4.16. The average molecular weight is 278 g/mol. The van der Waals surface area contributed by atoms with E-state index < -0.39 is 17.7 Å². The quantitative estimate of drug-likeness (QED) is 0.540. The van der Waals surface area contributed by atoms with Gasteiger partial charge in [-0.3, -0.25) is 9.59 Å². The first-order valence-electron chi connectivity index (χ1n) is 5.95. The predicted molar refractivity (Wildman–Crippen MR) is 70.5 cm³/mol. The van der Waals surface area contributed by atoms with Crippen LogP contribution in [-0.4, -0.2) is 38.2 Å². The Labute approximate surface area is 113 Å². The summed E-state index contributed by atoms with van der Waals surface area (Å²) in [6.07, 6.45) is 1.88. The lowest BCUT2D eigenvalue weighted by molar-refractivity contribution is 0.0898. The molecule has 106 valence electrons. The smallest absolute Gasteiger partial charge is 0.323 e. The number of hydrogen-bond donors (Lipinski definition) is 4. The zero-order chi connectivity index (χ0) is 14.5. The number of amides is 1. The van der Waals surface area contributed by atoms with Crippen molar-refractivity contribution in [1.82, 2.24) is 19.9 Å². The van der Waals surface area contributed by atoms with Crippen LogP contribution in [0.25, 0.3) is 0 Å². The number of hydrogen-bond acceptors (Lipinski definition) is 4. The zero-order valence-electron chi connectivity index (χ0n) is 10.5. The maximum atomic E-state index is 11.6. The van der Waals surface area contributed by atoms with Crippen molar-refractivity contribution in [2.75, 3.05) is 6.54 Å². The Morgan fingerprint density at radius 1 is 1.40 bits per heavy atom. The molecule has 4 N–H and O–H groups in total. The second-order valence-corrected chi connectivity index (χ2v) is 4.21. The first-order valence-corrected chi connectivity index (χ1v) is 5.95. The monoisotopic (exact) mass is 278 g/mol. The molecular formula is C12H14N4O4. The third kappa shape index (κ3) is 3.45. The first-order chi connectivity index (χ1) is 9.56. The molecule has 0 aromatic carbocycles. The fourth-order valence-corrected chi connectivity index (χ4v) is 1.66. The number of aromatic nitrogens is 3. The van der Waals surface area contributed by atoms with E-state index in [4.69, 9.17) is 0 Å². The van der Waals surface area contributed by atoms with Crippen LogP contribution in [0.1, 0.15) is 10.5 Å². The summed E-state index contributed by atoms with van der Waals surface area (Å²) in [7, 11) is 0. The molecule has 2 aromatic heterocycles. The largest absolute Gasteiger partial charge is 0.389 e. The fourth-order valence-electron chi connectivity index (χ4n) is 1.66. The lowest BCUT2D eigenvalue weighted by Crippen LogP contribution is -2.36. The van der Waals surface area contributed by atoms with Crippen LogP contribution in [0.4, 0.5) is 0 Å². The molecule has 1 amide bonds. The van der Waals surface area contributed by atoms with Crippen molar-refractivity contribution in [1.29, 1.82) is 0 Å². The number of carbonyl (C=O) groups excluding carboxylic acids is 1. The van der Waals surface area contributed by atoms with Gasteiger partial charge in [-0.05, 0) is 6.07 Å². The molecule has 0 bridgehead atoms. The molecule has 0 radical (unpaired) electrons. The van der Waals surface area contributed by atoms with Gasteiger partial charge in [-0.15, -0.1) is 0 Å². The second-order valence-electron chi connectivity index (χ2n) is 4.21. The van der Waals surface area contributed by atoms with Crippen molar-refractivity contribution >= 4 is 5.91 Å². The minimum atomic E-state index is -0.912. The normalized spacial score (nSPS) is 12.1. The summed E-state index contributed by atoms with van der Waals surface area (Å²) in [6, 6.07) is 4.67. The molecule has 0 fully saturated rings. The van der Waals surface area contributed by atoms with Crippen LogP contribution in [0.3, 0.4) is 0 Å². The van der Waals surface area contributed by atoms with E-state index in [2.05, 4.69) is 15.3 Å². The number of aliphatic hydroxyl groups excluding tert-OH is 1. The van der Waals surface area contributed by atoms with Crippen molar-refractivity contribution in [3.8, 4) is 0 Å². The van der Waals surface area contributed by atoms with E-state index in [-0.39, 0.29) is 24.3 Å². The minimum absolute atomic E-state index is 0.0343.